The van der Waals surface area contributed by atoms with Crippen LogP contribution in [-0.2, 0) is 6.61 Å². The predicted octanol–water partition coefficient (Wildman–Crippen LogP) is 3.88. The molecular weight excluding hydrogens is 308 g/mol. The first-order valence-electron chi connectivity index (χ1n) is 7.71. The molecule has 0 saturated heterocycles. The predicted molar refractivity (Wildman–Crippen MR) is 91.5 cm³/mol. The van der Waals surface area contributed by atoms with Gasteiger partial charge in [0.05, 0.1) is 20.8 Å². The molecule has 128 valence electrons. The highest BCUT2D eigenvalue weighted by Gasteiger charge is 2.14. The van der Waals surface area contributed by atoms with Gasteiger partial charge in [0.1, 0.15) is 12.4 Å². The van der Waals surface area contributed by atoms with Gasteiger partial charge in [0, 0.05) is 11.1 Å². The molecule has 5 heteroatoms. The van der Waals surface area contributed by atoms with Crippen LogP contribution in [0.25, 0.3) is 0 Å². The van der Waals surface area contributed by atoms with Crippen LogP contribution in [0.3, 0.4) is 0 Å². The van der Waals surface area contributed by atoms with E-state index >= 15 is 0 Å². The zero-order valence-electron chi connectivity index (χ0n) is 14.4. The van der Waals surface area contributed by atoms with Gasteiger partial charge in [0.2, 0.25) is 5.75 Å². The van der Waals surface area contributed by atoms with Gasteiger partial charge in [-0.05, 0) is 44.2 Å². The minimum absolute atomic E-state index is 0.00540. The second kappa shape index (κ2) is 8.24. The number of hydrogen-bond donors (Lipinski definition) is 0. The van der Waals surface area contributed by atoms with Crippen molar-refractivity contribution in [2.45, 2.75) is 20.5 Å². The van der Waals surface area contributed by atoms with Gasteiger partial charge in [0.25, 0.3) is 0 Å². The molecule has 0 radical (unpaired) electrons. The first-order chi connectivity index (χ1) is 11.6. The van der Waals surface area contributed by atoms with Gasteiger partial charge < -0.3 is 18.9 Å². The zero-order chi connectivity index (χ0) is 17.5. The smallest absolute Gasteiger partial charge is 0.203 e. The number of carbonyl (C=O) groups is 1. The Bertz CT molecular complexity index is 687. The fourth-order valence-electron chi connectivity index (χ4n) is 2.32. The van der Waals surface area contributed by atoms with E-state index < -0.39 is 0 Å². The molecule has 0 aliphatic heterocycles. The topological polar surface area (TPSA) is 54.0 Å². The Morgan fingerprint density at radius 3 is 2.17 bits per heavy atom. The summed E-state index contributed by atoms with van der Waals surface area (Å²) in [4.78, 5) is 11.6. The Hall–Kier alpha value is -2.69. The number of carbonyl (C=O) groups excluding carboxylic acids is 1. The van der Waals surface area contributed by atoms with E-state index in [1.54, 1.807) is 44.6 Å². The molecule has 0 saturated carbocycles. The summed E-state index contributed by atoms with van der Waals surface area (Å²) in [6, 6.07) is 10.8. The Morgan fingerprint density at radius 1 is 0.958 bits per heavy atom. The Balaban J connectivity index is 2.31. The average molecular weight is 330 g/mol. The van der Waals surface area contributed by atoms with Crippen LogP contribution in [0.1, 0.15) is 29.8 Å². The summed E-state index contributed by atoms with van der Waals surface area (Å²) >= 11 is 0. The monoisotopic (exact) mass is 330 g/mol. The number of rotatable bonds is 8. The molecule has 0 aliphatic rings. The summed E-state index contributed by atoms with van der Waals surface area (Å²) < 4.78 is 22.2. The highest BCUT2D eigenvalue weighted by atomic mass is 16.5. The Kier molecular flexibility index (Phi) is 6.07. The zero-order valence-corrected chi connectivity index (χ0v) is 14.4. The second-order valence-electron chi connectivity index (χ2n) is 5.09. The molecule has 2 aromatic carbocycles. The molecule has 0 aromatic heterocycles. The lowest BCUT2D eigenvalue weighted by molar-refractivity contribution is 0.101. The second-order valence-corrected chi connectivity index (χ2v) is 5.09. The van der Waals surface area contributed by atoms with Crippen molar-refractivity contribution in [1.82, 2.24) is 0 Å². The number of Topliss-reactive ketones (excluding diaryl/α,β-unsaturated/α-hetero) is 1. The third kappa shape index (κ3) is 3.98. The van der Waals surface area contributed by atoms with E-state index in [4.69, 9.17) is 18.9 Å². The SMILES string of the molecule is CCOc1ccc(C(C)=O)cc1COc1c(OC)cccc1OC. The van der Waals surface area contributed by atoms with Crippen molar-refractivity contribution in [2.24, 2.45) is 0 Å². The molecule has 24 heavy (non-hydrogen) atoms. The lowest BCUT2D eigenvalue weighted by atomic mass is 10.1. The van der Waals surface area contributed by atoms with Crippen LogP contribution in [0, 0.1) is 0 Å². The lowest BCUT2D eigenvalue weighted by Crippen LogP contribution is -2.05. The summed E-state index contributed by atoms with van der Waals surface area (Å²) in [5.41, 5.74) is 1.40. The van der Waals surface area contributed by atoms with E-state index in [2.05, 4.69) is 0 Å². The van der Waals surface area contributed by atoms with Crippen LogP contribution in [0.15, 0.2) is 36.4 Å². The van der Waals surface area contributed by atoms with E-state index in [0.29, 0.717) is 35.2 Å². The van der Waals surface area contributed by atoms with Gasteiger partial charge in [-0.3, -0.25) is 4.79 Å². The highest BCUT2D eigenvalue weighted by Crippen LogP contribution is 2.37. The first kappa shape index (κ1) is 17.7. The summed E-state index contributed by atoms with van der Waals surface area (Å²) in [6.45, 7) is 4.20. The van der Waals surface area contributed by atoms with E-state index in [1.165, 1.54) is 6.92 Å². The Labute approximate surface area is 142 Å². The van der Waals surface area contributed by atoms with Crippen LogP contribution < -0.4 is 18.9 Å². The molecule has 2 aromatic rings. The molecule has 0 heterocycles. The number of ketones is 1. The Morgan fingerprint density at radius 2 is 1.62 bits per heavy atom. The van der Waals surface area contributed by atoms with Crippen LogP contribution in [-0.4, -0.2) is 26.6 Å². The van der Waals surface area contributed by atoms with Crippen molar-refractivity contribution >= 4 is 5.78 Å². The highest BCUT2D eigenvalue weighted by molar-refractivity contribution is 5.94. The molecule has 0 bridgehead atoms. The number of benzene rings is 2. The summed E-state index contributed by atoms with van der Waals surface area (Å²) in [6.07, 6.45) is 0. The molecule has 2 rings (SSSR count). The van der Waals surface area contributed by atoms with Crippen molar-refractivity contribution in [2.75, 3.05) is 20.8 Å². The third-order valence-electron chi connectivity index (χ3n) is 3.52. The molecular formula is C19H22O5. The summed E-state index contributed by atoms with van der Waals surface area (Å²) in [5, 5.41) is 0. The molecule has 0 N–H and O–H groups in total. The maximum absolute atomic E-state index is 11.6. The van der Waals surface area contributed by atoms with Crippen molar-refractivity contribution < 1.29 is 23.7 Å². The van der Waals surface area contributed by atoms with Gasteiger partial charge >= 0.3 is 0 Å². The van der Waals surface area contributed by atoms with Gasteiger partial charge in [-0.2, -0.15) is 0 Å². The van der Waals surface area contributed by atoms with Crippen LogP contribution in [0.4, 0.5) is 0 Å². The molecule has 5 nitrogen and oxygen atoms in total. The van der Waals surface area contributed by atoms with Crippen molar-refractivity contribution in [1.29, 1.82) is 0 Å². The van der Waals surface area contributed by atoms with Gasteiger partial charge in [-0.1, -0.05) is 6.07 Å². The quantitative estimate of drug-likeness (QED) is 0.688. The lowest BCUT2D eigenvalue weighted by Gasteiger charge is -2.16. The molecule has 0 fully saturated rings. The largest absolute Gasteiger partial charge is 0.493 e. The van der Waals surface area contributed by atoms with Crippen LogP contribution in [0.2, 0.25) is 0 Å². The van der Waals surface area contributed by atoms with Crippen molar-refractivity contribution in [3.8, 4) is 23.0 Å². The number of methoxy groups -OCH3 is 2. The maximum atomic E-state index is 11.6. The third-order valence-corrected chi connectivity index (χ3v) is 3.52. The minimum atomic E-state index is -0.00540. The van der Waals surface area contributed by atoms with E-state index in [0.717, 1.165) is 5.56 Å². The van der Waals surface area contributed by atoms with Crippen LogP contribution in [0.5, 0.6) is 23.0 Å². The number of hydrogen-bond acceptors (Lipinski definition) is 5. The minimum Gasteiger partial charge on any atom is -0.493 e. The van der Waals surface area contributed by atoms with Gasteiger partial charge in [-0.15, -0.1) is 0 Å². The van der Waals surface area contributed by atoms with Crippen molar-refractivity contribution in [3.63, 3.8) is 0 Å². The molecule has 0 spiro atoms. The average Bonchev–Trinajstić information content (AvgIpc) is 2.60. The summed E-state index contributed by atoms with van der Waals surface area (Å²) in [7, 11) is 3.15. The molecule has 0 aliphatic carbocycles. The fraction of sp³-hybridized carbons (Fsp3) is 0.316. The maximum Gasteiger partial charge on any atom is 0.203 e. The van der Waals surface area contributed by atoms with E-state index in [-0.39, 0.29) is 12.4 Å². The number of para-hydroxylation sites is 1. The normalized spacial score (nSPS) is 10.2. The van der Waals surface area contributed by atoms with Gasteiger partial charge in [0.15, 0.2) is 17.3 Å². The molecule has 0 amide bonds. The number of ether oxygens (including phenoxy) is 4. The molecule has 0 unspecified atom stereocenters. The van der Waals surface area contributed by atoms with Crippen LogP contribution >= 0.6 is 0 Å². The first-order valence-corrected chi connectivity index (χ1v) is 7.71. The molecule has 0 atom stereocenters. The fourth-order valence-corrected chi connectivity index (χ4v) is 2.32. The van der Waals surface area contributed by atoms with Gasteiger partial charge in [-0.25, -0.2) is 0 Å². The van der Waals surface area contributed by atoms with E-state index in [1.807, 2.05) is 13.0 Å². The van der Waals surface area contributed by atoms with Crippen molar-refractivity contribution in [3.05, 3.63) is 47.5 Å². The summed E-state index contributed by atoms with van der Waals surface area (Å²) in [5.74, 6) is 2.36. The standard InChI is InChI=1S/C19H22O5/c1-5-23-16-10-9-14(13(2)20)11-15(16)12-24-19-17(21-3)7-6-8-18(19)22-4/h6-11H,5,12H2,1-4H3. The van der Waals surface area contributed by atoms with E-state index in [9.17, 15) is 4.79 Å².